The molecule has 1 aromatic heterocycles. The lowest BCUT2D eigenvalue weighted by molar-refractivity contribution is 0.0937. The Morgan fingerprint density at radius 1 is 1.17 bits per heavy atom. The van der Waals surface area contributed by atoms with Crippen LogP contribution in [0, 0.1) is 0 Å². The SMILES string of the molecule is COc1cc(CN2CCC(NC(=O)c3ccc4c(c3)nnn4C)C2)cc(OC)c1. The summed E-state index contributed by atoms with van der Waals surface area (Å²) in [6, 6.07) is 11.5. The van der Waals surface area contributed by atoms with Crippen molar-refractivity contribution in [2.75, 3.05) is 27.3 Å². The van der Waals surface area contributed by atoms with E-state index in [0.29, 0.717) is 5.56 Å². The summed E-state index contributed by atoms with van der Waals surface area (Å²) in [5.41, 5.74) is 3.36. The van der Waals surface area contributed by atoms with E-state index in [0.717, 1.165) is 54.2 Å². The molecular formula is C21H25N5O3. The summed E-state index contributed by atoms with van der Waals surface area (Å²) in [6.45, 7) is 2.51. The van der Waals surface area contributed by atoms with Crippen molar-refractivity contribution < 1.29 is 14.3 Å². The summed E-state index contributed by atoms with van der Waals surface area (Å²) in [6.07, 6.45) is 0.917. The summed E-state index contributed by atoms with van der Waals surface area (Å²) < 4.78 is 12.4. The number of methoxy groups -OCH3 is 2. The van der Waals surface area contributed by atoms with Gasteiger partial charge in [-0.1, -0.05) is 5.21 Å². The number of benzene rings is 2. The minimum Gasteiger partial charge on any atom is -0.497 e. The van der Waals surface area contributed by atoms with Crippen LogP contribution in [0.4, 0.5) is 0 Å². The van der Waals surface area contributed by atoms with Crippen LogP contribution in [0.15, 0.2) is 36.4 Å². The van der Waals surface area contributed by atoms with Crippen LogP contribution in [0.1, 0.15) is 22.3 Å². The number of nitrogens with zero attached hydrogens (tertiary/aromatic N) is 4. The highest BCUT2D eigenvalue weighted by molar-refractivity contribution is 5.97. The fourth-order valence-corrected chi connectivity index (χ4v) is 3.76. The molecule has 1 saturated heterocycles. The average Bonchev–Trinajstić information content (AvgIpc) is 3.33. The summed E-state index contributed by atoms with van der Waals surface area (Å²) in [7, 11) is 5.14. The molecule has 152 valence electrons. The monoisotopic (exact) mass is 395 g/mol. The molecule has 1 aliphatic heterocycles. The second kappa shape index (κ2) is 8.08. The molecule has 3 aromatic rings. The van der Waals surface area contributed by atoms with Gasteiger partial charge < -0.3 is 14.8 Å². The first-order valence-electron chi connectivity index (χ1n) is 9.60. The van der Waals surface area contributed by atoms with Gasteiger partial charge in [-0.25, -0.2) is 4.68 Å². The highest BCUT2D eigenvalue weighted by Crippen LogP contribution is 2.24. The van der Waals surface area contributed by atoms with Crippen molar-refractivity contribution >= 4 is 16.9 Å². The summed E-state index contributed by atoms with van der Waals surface area (Å²) in [5.74, 6) is 1.48. The van der Waals surface area contributed by atoms with E-state index in [1.165, 1.54) is 0 Å². The second-order valence-corrected chi connectivity index (χ2v) is 7.33. The van der Waals surface area contributed by atoms with Gasteiger partial charge in [0.05, 0.1) is 19.7 Å². The zero-order valence-electron chi connectivity index (χ0n) is 16.9. The van der Waals surface area contributed by atoms with E-state index in [9.17, 15) is 4.79 Å². The highest BCUT2D eigenvalue weighted by atomic mass is 16.5. The molecule has 1 amide bonds. The molecule has 0 radical (unpaired) electrons. The maximum atomic E-state index is 12.7. The molecule has 1 unspecified atom stereocenters. The maximum Gasteiger partial charge on any atom is 0.251 e. The zero-order valence-corrected chi connectivity index (χ0v) is 16.9. The summed E-state index contributed by atoms with van der Waals surface area (Å²) in [4.78, 5) is 15.0. The molecule has 1 N–H and O–H groups in total. The molecule has 0 aliphatic carbocycles. The van der Waals surface area contributed by atoms with Crippen molar-refractivity contribution in [1.82, 2.24) is 25.2 Å². The number of carbonyl (C=O) groups excluding carboxylic acids is 1. The van der Waals surface area contributed by atoms with Crippen molar-refractivity contribution in [2.45, 2.75) is 19.0 Å². The van der Waals surface area contributed by atoms with Gasteiger partial charge in [0.1, 0.15) is 17.0 Å². The van der Waals surface area contributed by atoms with Crippen molar-refractivity contribution in [2.24, 2.45) is 7.05 Å². The standard InChI is InChI=1S/C21H25N5O3/c1-25-20-5-4-15(10-19(20)23-24-25)21(27)22-16-6-7-26(13-16)12-14-8-17(28-2)11-18(9-14)29-3/h4-5,8-11,16H,6-7,12-13H2,1-3H3,(H,22,27). The van der Waals surface area contributed by atoms with E-state index in [1.807, 2.05) is 37.4 Å². The number of rotatable bonds is 6. The number of hydrogen-bond donors (Lipinski definition) is 1. The van der Waals surface area contributed by atoms with Crippen molar-refractivity contribution in [3.63, 3.8) is 0 Å². The van der Waals surface area contributed by atoms with Crippen LogP contribution in [0.25, 0.3) is 11.0 Å². The van der Waals surface area contributed by atoms with Crippen molar-refractivity contribution in [3.8, 4) is 11.5 Å². The Morgan fingerprint density at radius 3 is 2.66 bits per heavy atom. The minimum absolute atomic E-state index is 0.0764. The van der Waals surface area contributed by atoms with Gasteiger partial charge in [0.15, 0.2) is 0 Å². The third-order valence-electron chi connectivity index (χ3n) is 5.30. The lowest BCUT2D eigenvalue weighted by atomic mass is 10.1. The largest absolute Gasteiger partial charge is 0.497 e. The molecule has 1 fully saturated rings. The van der Waals surface area contributed by atoms with Crippen molar-refractivity contribution in [3.05, 3.63) is 47.5 Å². The Morgan fingerprint density at radius 2 is 1.93 bits per heavy atom. The number of carbonyl (C=O) groups is 1. The summed E-state index contributed by atoms with van der Waals surface area (Å²) in [5, 5.41) is 11.2. The number of amides is 1. The Bertz CT molecular complexity index is 1010. The molecule has 1 aliphatic rings. The van der Waals surface area contributed by atoms with Gasteiger partial charge in [-0.05, 0) is 42.3 Å². The number of aryl methyl sites for hydroxylation is 1. The Kier molecular flexibility index (Phi) is 5.35. The van der Waals surface area contributed by atoms with Gasteiger partial charge in [-0.3, -0.25) is 9.69 Å². The number of likely N-dealkylation sites (tertiary alicyclic amines) is 1. The lowest BCUT2D eigenvalue weighted by Crippen LogP contribution is -2.37. The first-order chi connectivity index (χ1) is 14.1. The Labute approximate surface area is 169 Å². The first kappa shape index (κ1) is 19.2. The molecule has 0 saturated carbocycles. The second-order valence-electron chi connectivity index (χ2n) is 7.33. The third-order valence-corrected chi connectivity index (χ3v) is 5.30. The van der Waals surface area contributed by atoms with Gasteiger partial charge in [-0.15, -0.1) is 5.10 Å². The van der Waals surface area contributed by atoms with Gasteiger partial charge in [0, 0.05) is 44.4 Å². The highest BCUT2D eigenvalue weighted by Gasteiger charge is 2.24. The van der Waals surface area contributed by atoms with E-state index in [-0.39, 0.29) is 11.9 Å². The Balaban J connectivity index is 1.37. The molecule has 4 rings (SSSR count). The van der Waals surface area contributed by atoms with E-state index < -0.39 is 0 Å². The van der Waals surface area contributed by atoms with Gasteiger partial charge in [0.25, 0.3) is 5.91 Å². The molecule has 1 atom stereocenters. The molecule has 29 heavy (non-hydrogen) atoms. The molecule has 2 aromatic carbocycles. The fraction of sp³-hybridized carbons (Fsp3) is 0.381. The van der Waals surface area contributed by atoms with Crippen molar-refractivity contribution in [1.29, 1.82) is 0 Å². The smallest absolute Gasteiger partial charge is 0.251 e. The van der Waals surface area contributed by atoms with Crippen LogP contribution in [-0.4, -0.2) is 59.2 Å². The van der Waals surface area contributed by atoms with Gasteiger partial charge in [0.2, 0.25) is 0 Å². The third kappa shape index (κ3) is 4.17. The first-order valence-corrected chi connectivity index (χ1v) is 9.60. The van der Waals surface area contributed by atoms with Crippen LogP contribution >= 0.6 is 0 Å². The number of fused-ring (bicyclic) bond motifs is 1. The Hall–Kier alpha value is -3.13. The minimum atomic E-state index is -0.0764. The molecule has 8 heteroatoms. The predicted octanol–water partition coefficient (Wildman–Crippen LogP) is 1.99. The van der Waals surface area contributed by atoms with Gasteiger partial charge in [-0.2, -0.15) is 0 Å². The molecule has 0 spiro atoms. The number of aromatic nitrogens is 3. The predicted molar refractivity (Wildman–Crippen MR) is 109 cm³/mol. The van der Waals surface area contributed by atoms with E-state index in [2.05, 4.69) is 20.5 Å². The molecule has 0 bridgehead atoms. The maximum absolute atomic E-state index is 12.7. The topological polar surface area (TPSA) is 81.5 Å². The zero-order chi connectivity index (χ0) is 20.4. The number of nitrogens with one attached hydrogen (secondary N) is 1. The fourth-order valence-electron chi connectivity index (χ4n) is 3.76. The van der Waals surface area contributed by atoms with E-state index in [4.69, 9.17) is 9.47 Å². The normalized spacial score (nSPS) is 16.9. The van der Waals surface area contributed by atoms with Crippen LogP contribution in [0.2, 0.25) is 0 Å². The van der Waals surface area contributed by atoms with Crippen LogP contribution in [0.5, 0.6) is 11.5 Å². The van der Waals surface area contributed by atoms with E-state index >= 15 is 0 Å². The number of hydrogen-bond acceptors (Lipinski definition) is 6. The van der Waals surface area contributed by atoms with Crippen LogP contribution < -0.4 is 14.8 Å². The van der Waals surface area contributed by atoms with E-state index in [1.54, 1.807) is 25.0 Å². The molecule has 8 nitrogen and oxygen atoms in total. The van der Waals surface area contributed by atoms with Gasteiger partial charge >= 0.3 is 0 Å². The molecule has 2 heterocycles. The lowest BCUT2D eigenvalue weighted by Gasteiger charge is -2.18. The van der Waals surface area contributed by atoms with Crippen LogP contribution in [0.3, 0.4) is 0 Å². The molecular weight excluding hydrogens is 370 g/mol. The summed E-state index contributed by atoms with van der Waals surface area (Å²) >= 11 is 0. The van der Waals surface area contributed by atoms with Crippen LogP contribution in [-0.2, 0) is 13.6 Å². The average molecular weight is 395 g/mol. The number of ether oxygens (including phenoxy) is 2. The quantitative estimate of drug-likeness (QED) is 0.688.